The van der Waals surface area contributed by atoms with E-state index in [-0.39, 0.29) is 23.9 Å². The fraction of sp³-hybridized carbons (Fsp3) is 0.529. The van der Waals surface area contributed by atoms with Crippen LogP contribution in [0.25, 0.3) is 0 Å². The van der Waals surface area contributed by atoms with Crippen molar-refractivity contribution in [3.63, 3.8) is 0 Å². The van der Waals surface area contributed by atoms with Gasteiger partial charge in [0, 0.05) is 6.04 Å². The van der Waals surface area contributed by atoms with Gasteiger partial charge in [0.25, 0.3) is 5.91 Å². The van der Waals surface area contributed by atoms with Crippen LogP contribution in [0.4, 0.5) is 0 Å². The van der Waals surface area contributed by atoms with E-state index in [0.29, 0.717) is 5.92 Å². The molecule has 4 atom stereocenters. The number of carbonyl (C=O) groups excluding carboxylic acids is 2. The summed E-state index contributed by atoms with van der Waals surface area (Å²) in [4.78, 5) is 27.1. The number of hydrogen-bond donors (Lipinski definition) is 1. The minimum absolute atomic E-state index is 0.0343. The Labute approximate surface area is 125 Å². The van der Waals surface area contributed by atoms with Crippen molar-refractivity contribution in [2.75, 3.05) is 0 Å². The quantitative estimate of drug-likeness (QED) is 0.906. The third kappa shape index (κ3) is 2.43. The van der Waals surface area contributed by atoms with Crippen molar-refractivity contribution in [1.29, 1.82) is 0 Å². The second-order valence-electron chi connectivity index (χ2n) is 6.25. The molecule has 0 bridgehead atoms. The molecule has 1 aliphatic heterocycles. The topological polar surface area (TPSA) is 49.4 Å². The molecule has 0 radical (unpaired) electrons. The van der Waals surface area contributed by atoms with Gasteiger partial charge in [0.05, 0.1) is 0 Å². The van der Waals surface area contributed by atoms with Crippen LogP contribution in [0.3, 0.4) is 0 Å². The summed E-state index contributed by atoms with van der Waals surface area (Å²) in [5.41, 5.74) is 0.860. The standard InChI is InChI=1S/C17H22N2O2/c1-11-7-6-10-14(11)19-12(2)16(20)18-15(17(19)21)13-8-4-3-5-9-13/h3-5,8-9,11-12,14-15H,6-7,10H2,1-2H3,(H,18,20). The maximum atomic E-state index is 12.9. The number of benzene rings is 1. The lowest BCUT2D eigenvalue weighted by Crippen LogP contribution is -2.61. The molecule has 1 aromatic carbocycles. The highest BCUT2D eigenvalue weighted by Gasteiger charge is 2.44. The molecule has 112 valence electrons. The normalized spacial score (nSPS) is 33.1. The van der Waals surface area contributed by atoms with Crippen LogP contribution >= 0.6 is 0 Å². The number of hydrogen-bond acceptors (Lipinski definition) is 2. The maximum absolute atomic E-state index is 12.9. The minimum atomic E-state index is -0.539. The van der Waals surface area contributed by atoms with Crippen molar-refractivity contribution < 1.29 is 9.59 Å². The van der Waals surface area contributed by atoms with Crippen molar-refractivity contribution in [3.8, 4) is 0 Å². The van der Waals surface area contributed by atoms with Gasteiger partial charge in [-0.05, 0) is 31.2 Å². The molecular formula is C17H22N2O2. The Morgan fingerprint density at radius 3 is 2.43 bits per heavy atom. The van der Waals surface area contributed by atoms with Gasteiger partial charge in [0.1, 0.15) is 12.1 Å². The first-order valence-electron chi connectivity index (χ1n) is 7.77. The molecule has 0 spiro atoms. The maximum Gasteiger partial charge on any atom is 0.250 e. The van der Waals surface area contributed by atoms with Crippen LogP contribution in [0.15, 0.2) is 30.3 Å². The Morgan fingerprint density at radius 1 is 1.10 bits per heavy atom. The van der Waals surface area contributed by atoms with Gasteiger partial charge < -0.3 is 10.2 Å². The van der Waals surface area contributed by atoms with E-state index in [1.807, 2.05) is 42.2 Å². The summed E-state index contributed by atoms with van der Waals surface area (Å²) in [5, 5.41) is 2.87. The summed E-state index contributed by atoms with van der Waals surface area (Å²) in [6.45, 7) is 4.02. The van der Waals surface area contributed by atoms with Crippen LogP contribution in [0.2, 0.25) is 0 Å². The molecule has 2 fully saturated rings. The van der Waals surface area contributed by atoms with Crippen LogP contribution in [-0.2, 0) is 9.59 Å². The number of amides is 2. The second kappa shape index (κ2) is 5.51. The number of piperazine rings is 1. The fourth-order valence-electron chi connectivity index (χ4n) is 3.65. The molecule has 1 N–H and O–H groups in total. The van der Waals surface area contributed by atoms with Crippen molar-refractivity contribution in [2.45, 2.75) is 51.2 Å². The van der Waals surface area contributed by atoms with Gasteiger partial charge >= 0.3 is 0 Å². The van der Waals surface area contributed by atoms with E-state index in [1.54, 1.807) is 0 Å². The van der Waals surface area contributed by atoms with Gasteiger partial charge in [-0.25, -0.2) is 0 Å². The van der Waals surface area contributed by atoms with Crippen LogP contribution in [-0.4, -0.2) is 28.8 Å². The van der Waals surface area contributed by atoms with E-state index in [0.717, 1.165) is 24.8 Å². The summed E-state index contributed by atoms with van der Waals surface area (Å²) in [6, 6.07) is 8.79. The summed E-state index contributed by atoms with van der Waals surface area (Å²) < 4.78 is 0. The molecule has 4 nitrogen and oxygen atoms in total. The van der Waals surface area contributed by atoms with Crippen molar-refractivity contribution in [3.05, 3.63) is 35.9 Å². The van der Waals surface area contributed by atoms with Crippen LogP contribution in [0.1, 0.15) is 44.7 Å². The Balaban J connectivity index is 1.92. The molecule has 4 heteroatoms. The lowest BCUT2D eigenvalue weighted by molar-refractivity contribution is -0.152. The Morgan fingerprint density at radius 2 is 1.81 bits per heavy atom. The number of carbonyl (C=O) groups is 2. The Hall–Kier alpha value is -1.84. The van der Waals surface area contributed by atoms with Crippen molar-refractivity contribution in [2.24, 2.45) is 5.92 Å². The van der Waals surface area contributed by atoms with Gasteiger partial charge in [-0.2, -0.15) is 0 Å². The summed E-state index contributed by atoms with van der Waals surface area (Å²) in [6.07, 6.45) is 3.28. The Kier molecular flexibility index (Phi) is 3.70. The summed E-state index contributed by atoms with van der Waals surface area (Å²) in [7, 11) is 0. The van der Waals surface area contributed by atoms with Crippen LogP contribution in [0, 0.1) is 5.92 Å². The molecule has 4 unspecified atom stereocenters. The van der Waals surface area contributed by atoms with Crippen molar-refractivity contribution in [1.82, 2.24) is 10.2 Å². The van der Waals surface area contributed by atoms with Gasteiger partial charge in [-0.3, -0.25) is 9.59 Å². The van der Waals surface area contributed by atoms with Gasteiger partial charge in [-0.15, -0.1) is 0 Å². The SMILES string of the molecule is CC1CCCC1N1C(=O)C(c2ccccc2)NC(=O)C1C. The third-order valence-corrected chi connectivity index (χ3v) is 4.89. The zero-order valence-electron chi connectivity index (χ0n) is 12.6. The molecule has 1 saturated heterocycles. The number of rotatable bonds is 2. The lowest BCUT2D eigenvalue weighted by Gasteiger charge is -2.42. The highest BCUT2D eigenvalue weighted by Crippen LogP contribution is 2.34. The summed E-state index contributed by atoms with van der Waals surface area (Å²) in [5.74, 6) is 0.452. The molecule has 1 heterocycles. The monoisotopic (exact) mass is 286 g/mol. The smallest absolute Gasteiger partial charge is 0.250 e. The Bertz CT molecular complexity index is 543. The van der Waals surface area contributed by atoms with E-state index in [4.69, 9.17) is 0 Å². The highest BCUT2D eigenvalue weighted by molar-refractivity contribution is 5.97. The van der Waals surface area contributed by atoms with E-state index in [2.05, 4.69) is 12.2 Å². The molecular weight excluding hydrogens is 264 g/mol. The van der Waals surface area contributed by atoms with E-state index in [1.165, 1.54) is 0 Å². The number of nitrogens with zero attached hydrogens (tertiary/aromatic N) is 1. The lowest BCUT2D eigenvalue weighted by atomic mass is 9.96. The molecule has 2 aliphatic rings. The molecule has 1 aliphatic carbocycles. The molecule has 2 amide bonds. The summed E-state index contributed by atoms with van der Waals surface area (Å²) >= 11 is 0. The first-order chi connectivity index (χ1) is 10.1. The van der Waals surface area contributed by atoms with Gasteiger partial charge in [0.2, 0.25) is 5.91 Å². The predicted molar refractivity (Wildman–Crippen MR) is 80.4 cm³/mol. The number of nitrogens with one attached hydrogen (secondary N) is 1. The van der Waals surface area contributed by atoms with E-state index < -0.39 is 6.04 Å². The highest BCUT2D eigenvalue weighted by atomic mass is 16.2. The van der Waals surface area contributed by atoms with Gasteiger partial charge in [-0.1, -0.05) is 43.7 Å². The third-order valence-electron chi connectivity index (χ3n) is 4.89. The largest absolute Gasteiger partial charge is 0.339 e. The molecule has 1 saturated carbocycles. The minimum Gasteiger partial charge on any atom is -0.339 e. The fourth-order valence-corrected chi connectivity index (χ4v) is 3.65. The molecule has 0 aromatic heterocycles. The zero-order chi connectivity index (χ0) is 15.0. The molecule has 1 aromatic rings. The van der Waals surface area contributed by atoms with E-state index in [9.17, 15) is 9.59 Å². The van der Waals surface area contributed by atoms with Crippen LogP contribution in [0.5, 0.6) is 0 Å². The first kappa shape index (κ1) is 14.1. The van der Waals surface area contributed by atoms with Crippen molar-refractivity contribution >= 4 is 11.8 Å². The predicted octanol–water partition coefficient (Wildman–Crippen LogP) is 2.26. The average molecular weight is 286 g/mol. The molecule has 21 heavy (non-hydrogen) atoms. The average Bonchev–Trinajstić information content (AvgIpc) is 2.90. The first-order valence-corrected chi connectivity index (χ1v) is 7.77. The second-order valence-corrected chi connectivity index (χ2v) is 6.25. The zero-order valence-corrected chi connectivity index (χ0v) is 12.6. The molecule has 3 rings (SSSR count). The van der Waals surface area contributed by atoms with Crippen LogP contribution < -0.4 is 5.32 Å². The van der Waals surface area contributed by atoms with Gasteiger partial charge in [0.15, 0.2) is 0 Å². The van der Waals surface area contributed by atoms with E-state index >= 15 is 0 Å².